The highest BCUT2D eigenvalue weighted by molar-refractivity contribution is 7.17. The number of amides is 1. The Hall–Kier alpha value is -2.43. The molecular formula is C20H19N3O2S2. The number of hydrogen-bond donors (Lipinski definition) is 1. The van der Waals surface area contributed by atoms with Crippen LogP contribution in [0.2, 0.25) is 0 Å². The summed E-state index contributed by atoms with van der Waals surface area (Å²) in [5.41, 5.74) is 2.59. The number of rotatable bonds is 4. The summed E-state index contributed by atoms with van der Waals surface area (Å²) in [6, 6.07) is 9.87. The summed E-state index contributed by atoms with van der Waals surface area (Å²) in [4.78, 5) is 25.8. The van der Waals surface area contributed by atoms with Crippen LogP contribution in [0.5, 0.6) is 0 Å². The molecule has 1 aliphatic carbocycles. The maximum Gasteiger partial charge on any atom is 0.308 e. The van der Waals surface area contributed by atoms with Gasteiger partial charge in [0.2, 0.25) is 5.91 Å². The maximum absolute atomic E-state index is 12.5. The number of anilines is 1. The van der Waals surface area contributed by atoms with Crippen molar-refractivity contribution in [3.63, 3.8) is 0 Å². The highest BCUT2D eigenvalue weighted by atomic mass is 32.1. The molecule has 0 saturated heterocycles. The van der Waals surface area contributed by atoms with Crippen molar-refractivity contribution in [1.82, 2.24) is 4.57 Å². The molecule has 0 radical (unpaired) electrons. The number of hydrogen-bond acceptors (Lipinski definition) is 5. The van der Waals surface area contributed by atoms with Gasteiger partial charge in [-0.3, -0.25) is 14.2 Å². The van der Waals surface area contributed by atoms with E-state index in [4.69, 9.17) is 0 Å². The van der Waals surface area contributed by atoms with E-state index in [0.29, 0.717) is 23.0 Å². The van der Waals surface area contributed by atoms with E-state index in [9.17, 15) is 14.9 Å². The molecule has 138 valence electrons. The van der Waals surface area contributed by atoms with Crippen molar-refractivity contribution < 1.29 is 4.79 Å². The second-order valence-electron chi connectivity index (χ2n) is 6.95. The number of nitrogens with zero attached hydrogens (tertiary/aromatic N) is 2. The summed E-state index contributed by atoms with van der Waals surface area (Å²) in [5, 5.41) is 13.1. The standard InChI is InChI=1S/C20H19N3O2S2/c1-12-6-7-13-14(11-21)19(26-17(13)10-12)22-18(24)8-9-23-15-4-2-3-5-16(15)27-20(23)25/h2-5,12H,6-10H2,1H3,(H,22,24). The summed E-state index contributed by atoms with van der Waals surface area (Å²) in [6.07, 6.45) is 3.16. The van der Waals surface area contributed by atoms with Crippen LogP contribution >= 0.6 is 22.7 Å². The number of nitriles is 1. The van der Waals surface area contributed by atoms with E-state index in [1.54, 1.807) is 4.57 Å². The van der Waals surface area contributed by atoms with E-state index in [1.807, 2.05) is 24.3 Å². The van der Waals surface area contributed by atoms with Gasteiger partial charge in [-0.15, -0.1) is 11.3 Å². The number of aryl methyl sites for hydroxylation is 1. The smallest absolute Gasteiger partial charge is 0.308 e. The number of nitrogens with one attached hydrogen (secondary N) is 1. The van der Waals surface area contributed by atoms with Crippen molar-refractivity contribution in [3.05, 3.63) is 49.9 Å². The first-order valence-electron chi connectivity index (χ1n) is 8.99. The molecule has 0 aliphatic heterocycles. The van der Waals surface area contributed by atoms with Crippen LogP contribution in [0.4, 0.5) is 5.00 Å². The predicted molar refractivity (Wildman–Crippen MR) is 110 cm³/mol. The Labute approximate surface area is 164 Å². The third-order valence-electron chi connectivity index (χ3n) is 5.01. The van der Waals surface area contributed by atoms with E-state index in [-0.39, 0.29) is 17.2 Å². The van der Waals surface area contributed by atoms with Crippen LogP contribution in [-0.2, 0) is 24.2 Å². The molecule has 5 nitrogen and oxygen atoms in total. The van der Waals surface area contributed by atoms with Gasteiger partial charge in [0, 0.05) is 17.8 Å². The molecule has 4 rings (SSSR count). The molecule has 3 aromatic rings. The van der Waals surface area contributed by atoms with Crippen molar-refractivity contribution in [2.24, 2.45) is 5.92 Å². The van der Waals surface area contributed by atoms with Crippen LogP contribution < -0.4 is 10.2 Å². The number of carbonyl (C=O) groups is 1. The van der Waals surface area contributed by atoms with Crippen LogP contribution in [0.1, 0.15) is 35.8 Å². The van der Waals surface area contributed by atoms with E-state index in [1.165, 1.54) is 27.6 Å². The molecule has 0 spiro atoms. The zero-order valence-electron chi connectivity index (χ0n) is 14.9. The third-order valence-corrected chi connectivity index (χ3v) is 7.14. The minimum absolute atomic E-state index is 0.0534. The van der Waals surface area contributed by atoms with Crippen molar-refractivity contribution in [2.75, 3.05) is 5.32 Å². The van der Waals surface area contributed by atoms with E-state index in [2.05, 4.69) is 18.3 Å². The Morgan fingerprint density at radius 1 is 1.37 bits per heavy atom. The number of benzene rings is 1. The SMILES string of the molecule is CC1CCc2c(sc(NC(=O)CCn3c(=O)sc4ccccc43)c2C#N)C1. The van der Waals surface area contributed by atoms with Crippen LogP contribution in [0.25, 0.3) is 10.2 Å². The van der Waals surface area contributed by atoms with Gasteiger partial charge in [0.05, 0.1) is 15.8 Å². The molecule has 2 heterocycles. The van der Waals surface area contributed by atoms with Gasteiger partial charge in [-0.1, -0.05) is 30.4 Å². The fourth-order valence-electron chi connectivity index (χ4n) is 3.59. The molecule has 1 unspecified atom stereocenters. The number of aromatic nitrogens is 1. The highest BCUT2D eigenvalue weighted by Crippen LogP contribution is 2.39. The second-order valence-corrected chi connectivity index (χ2v) is 9.05. The minimum Gasteiger partial charge on any atom is -0.317 e. The van der Waals surface area contributed by atoms with Crippen LogP contribution in [0, 0.1) is 17.2 Å². The molecule has 1 aliphatic rings. The Balaban J connectivity index is 1.50. The summed E-state index contributed by atoms with van der Waals surface area (Å²) in [6.45, 7) is 2.55. The van der Waals surface area contributed by atoms with Gasteiger partial charge in [-0.25, -0.2) is 0 Å². The van der Waals surface area contributed by atoms with E-state index in [0.717, 1.165) is 35.0 Å². The zero-order valence-corrected chi connectivity index (χ0v) is 16.6. The van der Waals surface area contributed by atoms with Crippen LogP contribution in [0.15, 0.2) is 29.1 Å². The molecule has 0 saturated carbocycles. The van der Waals surface area contributed by atoms with Gasteiger partial charge in [0.15, 0.2) is 0 Å². The topological polar surface area (TPSA) is 74.9 Å². The first-order chi connectivity index (χ1) is 13.1. The molecule has 1 N–H and O–H groups in total. The Morgan fingerprint density at radius 3 is 3.00 bits per heavy atom. The van der Waals surface area contributed by atoms with Crippen LogP contribution in [-0.4, -0.2) is 10.5 Å². The molecular weight excluding hydrogens is 378 g/mol. The van der Waals surface area contributed by atoms with E-state index >= 15 is 0 Å². The average molecular weight is 398 g/mol. The number of fused-ring (bicyclic) bond motifs is 2. The Morgan fingerprint density at radius 2 is 2.19 bits per heavy atom. The highest BCUT2D eigenvalue weighted by Gasteiger charge is 2.24. The van der Waals surface area contributed by atoms with Crippen LogP contribution in [0.3, 0.4) is 0 Å². The number of thiazole rings is 1. The molecule has 0 fully saturated rings. The quantitative estimate of drug-likeness (QED) is 0.719. The Bertz CT molecular complexity index is 1120. The normalized spacial score (nSPS) is 16.1. The largest absolute Gasteiger partial charge is 0.317 e. The van der Waals surface area contributed by atoms with Gasteiger partial charge < -0.3 is 5.32 Å². The van der Waals surface area contributed by atoms with Gasteiger partial charge in [-0.05, 0) is 42.9 Å². The lowest BCUT2D eigenvalue weighted by atomic mass is 9.89. The molecule has 7 heteroatoms. The lowest BCUT2D eigenvalue weighted by molar-refractivity contribution is -0.116. The summed E-state index contributed by atoms with van der Waals surface area (Å²) < 4.78 is 2.57. The van der Waals surface area contributed by atoms with Crippen molar-refractivity contribution in [1.29, 1.82) is 5.26 Å². The minimum atomic E-state index is -0.166. The molecule has 1 aromatic carbocycles. The van der Waals surface area contributed by atoms with Gasteiger partial charge in [0.1, 0.15) is 11.1 Å². The molecule has 1 atom stereocenters. The number of carbonyl (C=O) groups excluding carboxylic acids is 1. The molecule has 0 bridgehead atoms. The maximum atomic E-state index is 12.5. The number of para-hydroxylation sites is 1. The summed E-state index contributed by atoms with van der Waals surface area (Å²) in [5.74, 6) is 0.449. The number of thiophene rings is 1. The summed E-state index contributed by atoms with van der Waals surface area (Å²) in [7, 11) is 0. The lowest BCUT2D eigenvalue weighted by Gasteiger charge is -2.17. The van der Waals surface area contributed by atoms with Gasteiger partial charge in [0.25, 0.3) is 0 Å². The molecule has 2 aromatic heterocycles. The van der Waals surface area contributed by atoms with Crippen molar-refractivity contribution in [2.45, 2.75) is 39.2 Å². The first-order valence-corrected chi connectivity index (χ1v) is 10.6. The van der Waals surface area contributed by atoms with Gasteiger partial charge >= 0.3 is 4.87 Å². The Kier molecular flexibility index (Phi) is 4.85. The van der Waals surface area contributed by atoms with Crippen molar-refractivity contribution >= 4 is 43.8 Å². The van der Waals surface area contributed by atoms with Crippen molar-refractivity contribution in [3.8, 4) is 6.07 Å². The molecule has 1 amide bonds. The first kappa shape index (κ1) is 18.0. The fourth-order valence-corrected chi connectivity index (χ4v) is 5.88. The predicted octanol–water partition coefficient (Wildman–Crippen LogP) is 4.15. The van der Waals surface area contributed by atoms with Gasteiger partial charge in [-0.2, -0.15) is 5.26 Å². The third kappa shape index (κ3) is 3.43. The zero-order chi connectivity index (χ0) is 19.0. The average Bonchev–Trinajstić information content (AvgIpc) is 3.15. The fraction of sp³-hybridized carbons (Fsp3) is 0.350. The summed E-state index contributed by atoms with van der Waals surface area (Å²) >= 11 is 2.72. The van der Waals surface area contributed by atoms with E-state index < -0.39 is 0 Å². The lowest BCUT2D eigenvalue weighted by Crippen LogP contribution is -2.19. The monoisotopic (exact) mass is 397 g/mol. The molecule has 27 heavy (non-hydrogen) atoms. The second kappa shape index (κ2) is 7.29.